The Labute approximate surface area is 64.9 Å². The first-order valence-electron chi connectivity index (χ1n) is 3.05. The Hall–Kier alpha value is -0.661. The summed E-state index contributed by atoms with van der Waals surface area (Å²) >= 11 is 0.251. The van der Waals surface area contributed by atoms with E-state index in [0.717, 1.165) is 5.52 Å². The van der Waals surface area contributed by atoms with E-state index in [-0.39, 0.29) is 14.7 Å². The molecule has 0 fully saturated rings. The van der Waals surface area contributed by atoms with Gasteiger partial charge in [0.2, 0.25) is 0 Å². The Bertz CT molecular complexity index is 353. The van der Waals surface area contributed by atoms with Crippen LogP contribution in [0.3, 0.4) is 0 Å². The third-order valence-corrected chi connectivity index (χ3v) is 3.31. The van der Waals surface area contributed by atoms with Crippen LogP contribution in [0.25, 0.3) is 9.78 Å². The van der Waals surface area contributed by atoms with Gasteiger partial charge in [-0.1, -0.05) is 0 Å². The first kappa shape index (κ1) is 6.08. The van der Waals surface area contributed by atoms with E-state index in [1.807, 2.05) is 12.1 Å². The van der Waals surface area contributed by atoms with Crippen molar-refractivity contribution in [2.24, 2.45) is 0 Å². The molecule has 0 radical (unpaired) electrons. The quantitative estimate of drug-likeness (QED) is 0.588. The Morgan fingerprint density at radius 3 is 3.10 bits per heavy atom. The molecular weight excluding hydrogens is 191 g/mol. The van der Waals surface area contributed by atoms with Crippen LogP contribution < -0.4 is 0 Å². The predicted octanol–water partition coefficient (Wildman–Crippen LogP) is 0.995. The number of hydrogen-bond acceptors (Lipinski definition) is 2. The Morgan fingerprint density at radius 1 is 1.40 bits per heavy atom. The Morgan fingerprint density at radius 2 is 2.30 bits per heavy atom. The Kier molecular flexibility index (Phi) is 1.33. The van der Waals surface area contributed by atoms with Crippen LogP contribution in [-0.4, -0.2) is 23.9 Å². The molecule has 1 aromatic carbocycles. The predicted molar refractivity (Wildman–Crippen MR) is 41.2 cm³/mol. The van der Waals surface area contributed by atoms with Gasteiger partial charge in [0.1, 0.15) is 0 Å². The average molecular weight is 197 g/mol. The van der Waals surface area contributed by atoms with Crippen LogP contribution >= 0.6 is 0 Å². The fraction of sp³-hybridized carbons (Fsp3) is 0.143. The summed E-state index contributed by atoms with van der Waals surface area (Å²) in [5, 5.41) is 4.01. The monoisotopic (exact) mass is 198 g/mol. The zero-order chi connectivity index (χ0) is 6.97. The number of fused-ring (bicyclic) bond motifs is 1. The summed E-state index contributed by atoms with van der Waals surface area (Å²) in [4.78, 5) is 0. The standard InChI is InChI=1S/C7H6N2Se/c1-5-3-2-4-6-7(5)10-9-8-6/h2-4H,1H3. The minimum atomic E-state index is 0.251. The third kappa shape index (κ3) is 0.789. The molecule has 0 atom stereocenters. The normalized spacial score (nSPS) is 10.5. The minimum absolute atomic E-state index is 0.251. The van der Waals surface area contributed by atoms with Gasteiger partial charge in [-0.05, 0) is 0 Å². The maximum absolute atomic E-state index is 4.01. The summed E-state index contributed by atoms with van der Waals surface area (Å²) in [7, 11) is 0. The van der Waals surface area contributed by atoms with Crippen molar-refractivity contribution in [3.8, 4) is 0 Å². The van der Waals surface area contributed by atoms with Gasteiger partial charge in [-0.15, -0.1) is 0 Å². The van der Waals surface area contributed by atoms with E-state index in [2.05, 4.69) is 22.2 Å². The molecule has 0 bridgehead atoms. The van der Waals surface area contributed by atoms with Crippen molar-refractivity contribution in [2.75, 3.05) is 0 Å². The van der Waals surface area contributed by atoms with Crippen molar-refractivity contribution in [1.82, 2.24) is 9.19 Å². The maximum atomic E-state index is 4.01. The van der Waals surface area contributed by atoms with Gasteiger partial charge in [0.25, 0.3) is 0 Å². The molecule has 0 amide bonds. The summed E-state index contributed by atoms with van der Waals surface area (Å²) in [6.07, 6.45) is 0. The van der Waals surface area contributed by atoms with Gasteiger partial charge in [0.15, 0.2) is 0 Å². The van der Waals surface area contributed by atoms with E-state index < -0.39 is 0 Å². The van der Waals surface area contributed by atoms with Crippen molar-refractivity contribution in [3.05, 3.63) is 23.8 Å². The molecular formula is C7H6N2Se. The first-order valence-corrected chi connectivity index (χ1v) is 4.68. The topological polar surface area (TPSA) is 25.8 Å². The third-order valence-electron chi connectivity index (χ3n) is 1.47. The molecule has 2 aromatic rings. The summed E-state index contributed by atoms with van der Waals surface area (Å²) in [5.41, 5.74) is 2.39. The fourth-order valence-corrected chi connectivity index (χ4v) is 2.25. The van der Waals surface area contributed by atoms with E-state index in [1.165, 1.54) is 9.82 Å². The van der Waals surface area contributed by atoms with Gasteiger partial charge >= 0.3 is 64.4 Å². The molecule has 0 aliphatic heterocycles. The van der Waals surface area contributed by atoms with E-state index in [0.29, 0.717) is 0 Å². The van der Waals surface area contributed by atoms with Crippen LogP contribution in [0.5, 0.6) is 0 Å². The van der Waals surface area contributed by atoms with Crippen molar-refractivity contribution < 1.29 is 0 Å². The molecule has 0 saturated heterocycles. The van der Waals surface area contributed by atoms with Crippen molar-refractivity contribution in [3.63, 3.8) is 0 Å². The molecule has 50 valence electrons. The first-order chi connectivity index (χ1) is 4.88. The SMILES string of the molecule is Cc1cccc2nn[se]c12. The second kappa shape index (κ2) is 2.18. The Balaban J connectivity index is 2.95. The van der Waals surface area contributed by atoms with Crippen LogP contribution in [0.15, 0.2) is 18.2 Å². The van der Waals surface area contributed by atoms with E-state index in [1.54, 1.807) is 0 Å². The molecule has 0 unspecified atom stereocenters. The molecule has 2 rings (SSSR count). The van der Waals surface area contributed by atoms with E-state index in [9.17, 15) is 0 Å². The zero-order valence-corrected chi connectivity index (χ0v) is 7.25. The molecule has 2 nitrogen and oxygen atoms in total. The van der Waals surface area contributed by atoms with Crippen LogP contribution in [0.4, 0.5) is 0 Å². The van der Waals surface area contributed by atoms with Gasteiger partial charge < -0.3 is 0 Å². The van der Waals surface area contributed by atoms with Crippen molar-refractivity contribution in [2.45, 2.75) is 6.92 Å². The number of benzene rings is 1. The molecule has 0 saturated carbocycles. The summed E-state index contributed by atoms with van der Waals surface area (Å²) < 4.78 is 5.34. The van der Waals surface area contributed by atoms with Crippen LogP contribution in [-0.2, 0) is 0 Å². The fourth-order valence-electron chi connectivity index (χ4n) is 0.940. The van der Waals surface area contributed by atoms with Crippen molar-refractivity contribution in [1.29, 1.82) is 0 Å². The molecule has 1 aromatic heterocycles. The summed E-state index contributed by atoms with van der Waals surface area (Å²) in [6, 6.07) is 6.14. The second-order valence-electron chi connectivity index (χ2n) is 2.20. The molecule has 0 spiro atoms. The summed E-state index contributed by atoms with van der Waals surface area (Å²) in [5.74, 6) is 0. The summed E-state index contributed by atoms with van der Waals surface area (Å²) in [6.45, 7) is 2.11. The second-order valence-corrected chi connectivity index (χ2v) is 3.78. The van der Waals surface area contributed by atoms with E-state index in [4.69, 9.17) is 0 Å². The number of aryl methyl sites for hydroxylation is 1. The van der Waals surface area contributed by atoms with Crippen LogP contribution in [0.2, 0.25) is 0 Å². The number of rotatable bonds is 0. The molecule has 10 heavy (non-hydrogen) atoms. The number of hydrogen-bond donors (Lipinski definition) is 0. The van der Waals surface area contributed by atoms with Gasteiger partial charge in [-0.25, -0.2) is 0 Å². The van der Waals surface area contributed by atoms with Gasteiger partial charge in [-0.3, -0.25) is 0 Å². The number of nitrogens with zero attached hydrogens (tertiary/aromatic N) is 2. The number of aromatic nitrogens is 2. The van der Waals surface area contributed by atoms with Crippen molar-refractivity contribution >= 4 is 24.5 Å². The van der Waals surface area contributed by atoms with Gasteiger partial charge in [-0.2, -0.15) is 0 Å². The molecule has 1 heterocycles. The molecule has 3 heteroatoms. The molecule has 0 aliphatic carbocycles. The molecule has 0 N–H and O–H groups in total. The zero-order valence-electron chi connectivity index (χ0n) is 5.53. The van der Waals surface area contributed by atoms with Crippen LogP contribution in [0, 0.1) is 6.92 Å². The molecule has 0 aliphatic rings. The average Bonchev–Trinajstić information content (AvgIpc) is 2.36. The van der Waals surface area contributed by atoms with Crippen LogP contribution in [0.1, 0.15) is 5.56 Å². The van der Waals surface area contributed by atoms with Gasteiger partial charge in [0.05, 0.1) is 0 Å². The van der Waals surface area contributed by atoms with Gasteiger partial charge in [0, 0.05) is 0 Å². The van der Waals surface area contributed by atoms with E-state index >= 15 is 0 Å².